The summed E-state index contributed by atoms with van der Waals surface area (Å²) >= 11 is 0. The molecule has 0 spiro atoms. The van der Waals surface area contributed by atoms with Crippen molar-refractivity contribution >= 4 is 17.9 Å². The second-order valence-electron chi connectivity index (χ2n) is 19.5. The molecule has 72 heavy (non-hydrogen) atoms. The molecule has 0 saturated heterocycles. The highest BCUT2D eigenvalue weighted by molar-refractivity contribution is 5.71. The molecule has 0 fully saturated rings. The van der Waals surface area contributed by atoms with Crippen molar-refractivity contribution in [1.29, 1.82) is 0 Å². The van der Waals surface area contributed by atoms with Crippen molar-refractivity contribution in [3.8, 4) is 0 Å². The Hall–Kier alpha value is -3.93. The third kappa shape index (κ3) is 57.0. The normalized spacial score (nSPS) is 12.9. The maximum absolute atomic E-state index is 12.9. The van der Waals surface area contributed by atoms with E-state index in [1.807, 2.05) is 6.08 Å². The predicted molar refractivity (Wildman–Crippen MR) is 311 cm³/mol. The highest BCUT2D eigenvalue weighted by Crippen LogP contribution is 2.15. The zero-order chi connectivity index (χ0) is 52.2. The molecule has 0 aromatic carbocycles. The van der Waals surface area contributed by atoms with E-state index in [1.54, 1.807) is 0 Å². The van der Waals surface area contributed by atoms with E-state index in [9.17, 15) is 14.4 Å². The van der Waals surface area contributed by atoms with Crippen LogP contribution in [0.2, 0.25) is 0 Å². The lowest BCUT2D eigenvalue weighted by Gasteiger charge is -2.18. The van der Waals surface area contributed by atoms with Crippen molar-refractivity contribution in [1.82, 2.24) is 0 Å². The third-order valence-electron chi connectivity index (χ3n) is 12.5. The van der Waals surface area contributed by atoms with Crippen LogP contribution in [0.15, 0.2) is 109 Å². The lowest BCUT2D eigenvalue weighted by molar-refractivity contribution is -0.166. The average Bonchev–Trinajstić information content (AvgIpc) is 3.38. The van der Waals surface area contributed by atoms with Crippen LogP contribution in [-0.4, -0.2) is 37.2 Å². The van der Waals surface area contributed by atoms with Crippen molar-refractivity contribution in [2.45, 2.75) is 277 Å². The van der Waals surface area contributed by atoms with Crippen LogP contribution >= 0.6 is 0 Å². The van der Waals surface area contributed by atoms with Gasteiger partial charge >= 0.3 is 17.9 Å². The van der Waals surface area contributed by atoms with E-state index in [2.05, 4.69) is 124 Å². The van der Waals surface area contributed by atoms with Crippen LogP contribution in [0.4, 0.5) is 0 Å². The van der Waals surface area contributed by atoms with E-state index in [4.69, 9.17) is 14.2 Å². The van der Waals surface area contributed by atoms with E-state index < -0.39 is 6.10 Å². The number of rotatable bonds is 53. The number of carbonyl (C=O) groups is 3. The SMILES string of the molecule is CC/C=C\C/C=C\C/C=C\C/C=C\C/C=C\C/C=C\CCC(=O)OC[C@H](COC(=O)CCCCCCCCCCC/C=C\CCCCCCCC)OC(=O)CCCCCCCC/C=C\C/C=C\CCCCC. The Labute approximate surface area is 444 Å². The quantitative estimate of drug-likeness (QED) is 0.0261. The molecule has 410 valence electrons. The zero-order valence-corrected chi connectivity index (χ0v) is 46.9. The molecule has 0 aliphatic carbocycles. The van der Waals surface area contributed by atoms with Crippen LogP contribution in [0.25, 0.3) is 0 Å². The first-order chi connectivity index (χ1) is 35.5. The molecule has 0 aromatic rings. The van der Waals surface area contributed by atoms with Crippen molar-refractivity contribution < 1.29 is 28.6 Å². The van der Waals surface area contributed by atoms with Gasteiger partial charge in [0, 0.05) is 19.3 Å². The Bertz CT molecular complexity index is 1470. The summed E-state index contributed by atoms with van der Waals surface area (Å²) in [4.78, 5) is 38.2. The molecule has 0 radical (unpaired) electrons. The Balaban J connectivity index is 4.50. The molecule has 0 aliphatic rings. The zero-order valence-electron chi connectivity index (χ0n) is 46.9. The molecule has 6 heteroatoms. The van der Waals surface area contributed by atoms with E-state index in [1.165, 1.54) is 128 Å². The first-order valence-corrected chi connectivity index (χ1v) is 29.9. The van der Waals surface area contributed by atoms with E-state index >= 15 is 0 Å². The van der Waals surface area contributed by atoms with E-state index in [-0.39, 0.29) is 37.5 Å². The second kappa shape index (κ2) is 59.6. The molecule has 0 amide bonds. The largest absolute Gasteiger partial charge is 0.462 e. The first kappa shape index (κ1) is 68.1. The summed E-state index contributed by atoms with van der Waals surface area (Å²) in [6, 6.07) is 0. The van der Waals surface area contributed by atoms with Crippen molar-refractivity contribution in [2.24, 2.45) is 0 Å². The lowest BCUT2D eigenvalue weighted by atomic mass is 10.1. The molecule has 6 nitrogen and oxygen atoms in total. The first-order valence-electron chi connectivity index (χ1n) is 29.9. The number of esters is 3. The summed E-state index contributed by atoms with van der Waals surface area (Å²) in [5.74, 6) is -1.00. The van der Waals surface area contributed by atoms with Gasteiger partial charge in [-0.15, -0.1) is 0 Å². The molecule has 0 heterocycles. The second-order valence-corrected chi connectivity index (χ2v) is 19.5. The highest BCUT2D eigenvalue weighted by atomic mass is 16.6. The molecular formula is C66H110O6. The monoisotopic (exact) mass is 999 g/mol. The van der Waals surface area contributed by atoms with Gasteiger partial charge in [-0.05, 0) is 116 Å². The number of unbranched alkanes of at least 4 members (excludes halogenated alkanes) is 24. The van der Waals surface area contributed by atoms with Crippen LogP contribution in [0.5, 0.6) is 0 Å². The lowest BCUT2D eigenvalue weighted by Crippen LogP contribution is -2.30. The van der Waals surface area contributed by atoms with Crippen LogP contribution < -0.4 is 0 Å². The minimum atomic E-state index is -0.818. The maximum Gasteiger partial charge on any atom is 0.306 e. The highest BCUT2D eigenvalue weighted by Gasteiger charge is 2.19. The van der Waals surface area contributed by atoms with Gasteiger partial charge in [0.1, 0.15) is 13.2 Å². The van der Waals surface area contributed by atoms with Gasteiger partial charge in [0.05, 0.1) is 0 Å². The topological polar surface area (TPSA) is 78.9 Å². The molecule has 0 N–H and O–H groups in total. The molecule has 0 rings (SSSR count). The number of hydrogen-bond acceptors (Lipinski definition) is 6. The molecule has 0 saturated carbocycles. The average molecular weight is 1000 g/mol. The van der Waals surface area contributed by atoms with Gasteiger partial charge < -0.3 is 14.2 Å². The molecule has 0 unspecified atom stereocenters. The maximum atomic E-state index is 12.9. The minimum absolute atomic E-state index is 0.108. The Morgan fingerprint density at radius 3 is 0.972 bits per heavy atom. The van der Waals surface area contributed by atoms with Gasteiger partial charge in [-0.1, -0.05) is 246 Å². The summed E-state index contributed by atoms with van der Waals surface area (Å²) in [5.41, 5.74) is 0. The number of ether oxygens (including phenoxy) is 3. The van der Waals surface area contributed by atoms with Crippen LogP contribution in [0.1, 0.15) is 271 Å². The smallest absolute Gasteiger partial charge is 0.306 e. The Kier molecular flexibility index (Phi) is 56.4. The number of hydrogen-bond donors (Lipinski definition) is 0. The minimum Gasteiger partial charge on any atom is -0.462 e. The molecule has 1 atom stereocenters. The van der Waals surface area contributed by atoms with Gasteiger partial charge in [0.25, 0.3) is 0 Å². The van der Waals surface area contributed by atoms with Crippen LogP contribution in [0, 0.1) is 0 Å². The van der Waals surface area contributed by atoms with Gasteiger partial charge in [-0.25, -0.2) is 0 Å². The van der Waals surface area contributed by atoms with Crippen molar-refractivity contribution in [2.75, 3.05) is 13.2 Å². The third-order valence-corrected chi connectivity index (χ3v) is 12.5. The fourth-order valence-electron chi connectivity index (χ4n) is 8.02. The van der Waals surface area contributed by atoms with Gasteiger partial charge in [0.15, 0.2) is 6.10 Å². The Morgan fingerprint density at radius 2 is 0.569 bits per heavy atom. The standard InChI is InChI=1S/C66H110O6/c1-4-7-10-13-16-19-22-25-28-31-33-35-38-40-43-46-49-52-55-58-64(67)70-61-63(72-66(69)60-57-54-51-48-45-42-37-30-27-24-21-18-15-12-9-6-3)62-71-65(68)59-56-53-50-47-44-41-39-36-34-32-29-26-23-20-17-14-11-8-5-2/h7,10,16,18-19,21,25-30,33,35,40,43,49,52,63H,4-6,8-9,11-15,17,20,22-24,31-32,34,36-39,41-42,44-48,50-51,53-62H2,1-3H3/b10-7-,19-16-,21-18-,28-25-,29-26-,30-27-,35-33-,43-40-,52-49-/t63-/m1/s1. The molecule has 0 aromatic heterocycles. The fourth-order valence-corrected chi connectivity index (χ4v) is 8.02. The van der Waals surface area contributed by atoms with E-state index in [0.29, 0.717) is 19.3 Å². The number of allylic oxidation sites excluding steroid dienone is 18. The van der Waals surface area contributed by atoms with Crippen LogP contribution in [-0.2, 0) is 28.6 Å². The van der Waals surface area contributed by atoms with E-state index in [0.717, 1.165) is 96.3 Å². The summed E-state index contributed by atoms with van der Waals surface area (Å²) in [6.45, 7) is 6.43. The summed E-state index contributed by atoms with van der Waals surface area (Å²) < 4.78 is 16.8. The molecular weight excluding hydrogens is 889 g/mol. The molecule has 0 bridgehead atoms. The fraction of sp³-hybridized carbons (Fsp3) is 0.682. The van der Waals surface area contributed by atoms with Crippen molar-refractivity contribution in [3.63, 3.8) is 0 Å². The summed E-state index contributed by atoms with van der Waals surface area (Å²) in [5, 5.41) is 0. The Morgan fingerprint density at radius 1 is 0.292 bits per heavy atom. The number of carbonyl (C=O) groups excluding carboxylic acids is 3. The van der Waals surface area contributed by atoms with Crippen molar-refractivity contribution in [3.05, 3.63) is 109 Å². The predicted octanol–water partition coefficient (Wildman–Crippen LogP) is 20.3. The van der Waals surface area contributed by atoms with Gasteiger partial charge in [0.2, 0.25) is 0 Å². The summed E-state index contributed by atoms with van der Waals surface area (Å²) in [6.07, 6.45) is 80.9. The van der Waals surface area contributed by atoms with Gasteiger partial charge in [-0.3, -0.25) is 14.4 Å². The molecule has 0 aliphatic heterocycles. The summed E-state index contributed by atoms with van der Waals surface area (Å²) in [7, 11) is 0. The van der Waals surface area contributed by atoms with Gasteiger partial charge in [-0.2, -0.15) is 0 Å². The van der Waals surface area contributed by atoms with Crippen LogP contribution in [0.3, 0.4) is 0 Å².